The summed E-state index contributed by atoms with van der Waals surface area (Å²) in [7, 11) is -4.02. The highest BCUT2D eigenvalue weighted by Crippen LogP contribution is 2.24. The van der Waals surface area contributed by atoms with Crippen molar-refractivity contribution in [2.24, 2.45) is 0 Å². The first kappa shape index (κ1) is 14.2. The van der Waals surface area contributed by atoms with E-state index in [1.165, 1.54) is 18.3 Å². The van der Waals surface area contributed by atoms with Gasteiger partial charge in [0, 0.05) is 25.8 Å². The number of aliphatic carboxylic acids is 1. The van der Waals surface area contributed by atoms with E-state index in [1.54, 1.807) is 0 Å². The molecular formula is C10H12ClN3O4S. The molecule has 1 atom stereocenters. The highest BCUT2D eigenvalue weighted by molar-refractivity contribution is 7.89. The van der Waals surface area contributed by atoms with Crippen LogP contribution in [0.3, 0.4) is 0 Å². The van der Waals surface area contributed by atoms with Crippen molar-refractivity contribution in [3.05, 3.63) is 23.4 Å². The molecular weight excluding hydrogens is 294 g/mol. The van der Waals surface area contributed by atoms with Crippen molar-refractivity contribution in [2.45, 2.75) is 11.1 Å². The molecule has 0 bridgehead atoms. The van der Waals surface area contributed by atoms with E-state index < -0.39 is 22.0 Å². The summed E-state index contributed by atoms with van der Waals surface area (Å²) >= 11 is 5.82. The first-order valence-corrected chi connectivity index (χ1v) is 7.32. The Balaban J connectivity index is 2.43. The molecule has 9 heteroatoms. The molecule has 1 fully saturated rings. The van der Waals surface area contributed by atoms with E-state index in [9.17, 15) is 13.2 Å². The standard InChI is InChI=1S/C10H12ClN3O4S/c11-7-2-1-3-13-9(7)19(17,18)14-5-4-12-6-8(14)10(15)16/h1-3,8,12H,4-6H2,(H,15,16)/t8-/m0/s1. The first-order valence-electron chi connectivity index (χ1n) is 5.50. The molecule has 1 aromatic rings. The number of aromatic nitrogens is 1. The molecule has 1 aliphatic heterocycles. The maximum absolute atomic E-state index is 12.4. The van der Waals surface area contributed by atoms with Crippen LogP contribution in [0.1, 0.15) is 0 Å². The Labute approximate surface area is 115 Å². The van der Waals surface area contributed by atoms with Crippen LogP contribution in [0, 0.1) is 0 Å². The zero-order valence-corrected chi connectivity index (χ0v) is 11.4. The summed E-state index contributed by atoms with van der Waals surface area (Å²) in [6, 6.07) is 1.75. The van der Waals surface area contributed by atoms with Crippen LogP contribution in [0.25, 0.3) is 0 Å². The third-order valence-electron chi connectivity index (χ3n) is 2.76. The van der Waals surface area contributed by atoms with Gasteiger partial charge >= 0.3 is 5.97 Å². The maximum atomic E-state index is 12.4. The molecule has 1 aliphatic rings. The van der Waals surface area contributed by atoms with Gasteiger partial charge in [0.1, 0.15) is 6.04 Å². The molecule has 1 saturated heterocycles. The van der Waals surface area contributed by atoms with E-state index in [1.807, 2.05) is 0 Å². The van der Waals surface area contributed by atoms with Gasteiger partial charge in [0.25, 0.3) is 10.0 Å². The number of piperazine rings is 1. The molecule has 2 N–H and O–H groups in total. The summed E-state index contributed by atoms with van der Waals surface area (Å²) in [4.78, 5) is 14.9. The molecule has 0 saturated carbocycles. The van der Waals surface area contributed by atoms with Gasteiger partial charge in [0.15, 0.2) is 5.03 Å². The molecule has 0 amide bonds. The van der Waals surface area contributed by atoms with Gasteiger partial charge in [-0.1, -0.05) is 11.6 Å². The predicted molar refractivity (Wildman–Crippen MR) is 67.4 cm³/mol. The van der Waals surface area contributed by atoms with Crippen LogP contribution in [0.15, 0.2) is 23.4 Å². The lowest BCUT2D eigenvalue weighted by atomic mass is 10.2. The lowest BCUT2D eigenvalue weighted by Gasteiger charge is -2.32. The summed E-state index contributed by atoms with van der Waals surface area (Å²) in [5.41, 5.74) is 0. The number of nitrogens with zero attached hydrogens (tertiary/aromatic N) is 2. The van der Waals surface area contributed by atoms with Crippen molar-refractivity contribution in [1.29, 1.82) is 0 Å². The molecule has 0 unspecified atom stereocenters. The van der Waals surface area contributed by atoms with Crippen LogP contribution in [0.5, 0.6) is 0 Å². The second kappa shape index (κ2) is 5.41. The van der Waals surface area contributed by atoms with Gasteiger partial charge in [-0.05, 0) is 12.1 Å². The lowest BCUT2D eigenvalue weighted by Crippen LogP contribution is -2.56. The van der Waals surface area contributed by atoms with Crippen molar-refractivity contribution >= 4 is 27.6 Å². The fraction of sp³-hybridized carbons (Fsp3) is 0.400. The van der Waals surface area contributed by atoms with Crippen molar-refractivity contribution < 1.29 is 18.3 Å². The molecule has 0 aliphatic carbocycles. The first-order chi connectivity index (χ1) is 8.94. The minimum atomic E-state index is -4.02. The molecule has 0 radical (unpaired) electrons. The Kier molecular flexibility index (Phi) is 4.04. The van der Waals surface area contributed by atoms with Crippen LogP contribution >= 0.6 is 11.6 Å². The average molecular weight is 306 g/mol. The number of hydrogen-bond donors (Lipinski definition) is 2. The Hall–Kier alpha value is -1.22. The smallest absolute Gasteiger partial charge is 0.323 e. The van der Waals surface area contributed by atoms with Gasteiger partial charge in [0.05, 0.1) is 5.02 Å². The maximum Gasteiger partial charge on any atom is 0.323 e. The lowest BCUT2D eigenvalue weighted by molar-refractivity contribution is -0.141. The molecule has 2 heterocycles. The number of nitrogens with one attached hydrogen (secondary N) is 1. The van der Waals surface area contributed by atoms with Gasteiger partial charge in [0.2, 0.25) is 0 Å². The van der Waals surface area contributed by atoms with Crippen molar-refractivity contribution in [2.75, 3.05) is 19.6 Å². The van der Waals surface area contributed by atoms with Crippen LogP contribution < -0.4 is 5.32 Å². The van der Waals surface area contributed by atoms with E-state index in [4.69, 9.17) is 16.7 Å². The van der Waals surface area contributed by atoms with E-state index >= 15 is 0 Å². The molecule has 0 aromatic carbocycles. The Morgan fingerprint density at radius 3 is 2.95 bits per heavy atom. The summed E-state index contributed by atoms with van der Waals surface area (Å²) in [5, 5.41) is 11.6. The third-order valence-corrected chi connectivity index (χ3v) is 5.04. The quantitative estimate of drug-likeness (QED) is 0.801. The SMILES string of the molecule is O=C(O)[C@@H]1CNCCN1S(=O)(=O)c1ncccc1Cl. The van der Waals surface area contributed by atoms with E-state index in [-0.39, 0.29) is 23.1 Å². The van der Waals surface area contributed by atoms with Crippen molar-refractivity contribution in [3.63, 3.8) is 0 Å². The van der Waals surface area contributed by atoms with E-state index in [0.29, 0.717) is 6.54 Å². The summed E-state index contributed by atoms with van der Waals surface area (Å²) in [6.07, 6.45) is 1.30. The molecule has 19 heavy (non-hydrogen) atoms. The number of hydrogen-bond acceptors (Lipinski definition) is 5. The molecule has 104 valence electrons. The monoisotopic (exact) mass is 305 g/mol. The number of carboxylic acids is 1. The van der Waals surface area contributed by atoms with Gasteiger partial charge in [-0.15, -0.1) is 0 Å². The Morgan fingerprint density at radius 1 is 1.58 bits per heavy atom. The molecule has 1 aromatic heterocycles. The summed E-state index contributed by atoms with van der Waals surface area (Å²) < 4.78 is 25.7. The minimum absolute atomic E-state index is 0.0230. The number of sulfonamides is 1. The highest BCUT2D eigenvalue weighted by atomic mass is 35.5. The zero-order chi connectivity index (χ0) is 14.0. The topological polar surface area (TPSA) is 99.6 Å². The fourth-order valence-electron chi connectivity index (χ4n) is 1.86. The molecule has 2 rings (SSSR count). The third kappa shape index (κ3) is 2.71. The van der Waals surface area contributed by atoms with E-state index in [2.05, 4.69) is 10.3 Å². The van der Waals surface area contributed by atoms with Crippen LogP contribution in [-0.2, 0) is 14.8 Å². The van der Waals surface area contributed by atoms with E-state index in [0.717, 1.165) is 4.31 Å². The van der Waals surface area contributed by atoms with Crippen molar-refractivity contribution in [1.82, 2.24) is 14.6 Å². The predicted octanol–water partition coefficient (Wildman–Crippen LogP) is -0.218. The second-order valence-corrected chi connectivity index (χ2v) is 6.18. The Bertz CT molecular complexity index is 592. The minimum Gasteiger partial charge on any atom is -0.480 e. The van der Waals surface area contributed by atoms with Gasteiger partial charge in [-0.25, -0.2) is 13.4 Å². The van der Waals surface area contributed by atoms with Gasteiger partial charge in [-0.2, -0.15) is 4.31 Å². The normalized spacial score (nSPS) is 21.2. The largest absolute Gasteiger partial charge is 0.480 e. The summed E-state index contributed by atoms with van der Waals surface area (Å²) in [5.74, 6) is -1.21. The van der Waals surface area contributed by atoms with Gasteiger partial charge < -0.3 is 10.4 Å². The molecule has 7 nitrogen and oxygen atoms in total. The number of pyridine rings is 1. The molecule has 0 spiro atoms. The number of carboxylic acid groups (broad SMARTS) is 1. The van der Waals surface area contributed by atoms with Crippen LogP contribution in [-0.4, -0.2) is 54.5 Å². The van der Waals surface area contributed by atoms with Gasteiger partial charge in [-0.3, -0.25) is 4.79 Å². The number of halogens is 1. The zero-order valence-electron chi connectivity index (χ0n) is 9.78. The average Bonchev–Trinajstić information content (AvgIpc) is 2.39. The van der Waals surface area contributed by atoms with Crippen LogP contribution in [0.2, 0.25) is 5.02 Å². The van der Waals surface area contributed by atoms with Crippen LogP contribution in [0.4, 0.5) is 0 Å². The highest BCUT2D eigenvalue weighted by Gasteiger charge is 2.39. The number of carbonyl (C=O) groups is 1. The number of rotatable bonds is 3. The summed E-state index contributed by atoms with van der Waals surface area (Å²) in [6.45, 7) is 0.499. The van der Waals surface area contributed by atoms with Crippen molar-refractivity contribution in [3.8, 4) is 0 Å². The fourth-order valence-corrected chi connectivity index (χ4v) is 3.83. The Morgan fingerprint density at radius 2 is 2.32 bits per heavy atom. The second-order valence-electron chi connectivity index (χ2n) is 3.96.